The van der Waals surface area contributed by atoms with Crippen molar-refractivity contribution >= 4 is 0 Å². The van der Waals surface area contributed by atoms with E-state index in [2.05, 4.69) is 38.5 Å². The fourth-order valence-electron chi connectivity index (χ4n) is 1.98. The molecule has 0 aromatic heterocycles. The number of hydrogen-bond donors (Lipinski definition) is 3. The fourth-order valence-corrected chi connectivity index (χ4v) is 1.98. The number of unbranched alkanes of at least 4 members (excludes halogenated alkanes) is 1. The van der Waals surface area contributed by atoms with Gasteiger partial charge in [-0.25, -0.2) is 5.43 Å². The van der Waals surface area contributed by atoms with Gasteiger partial charge in [-0.3, -0.25) is 5.43 Å². The van der Waals surface area contributed by atoms with E-state index >= 15 is 0 Å². The van der Waals surface area contributed by atoms with Crippen molar-refractivity contribution in [2.24, 2.45) is 11.3 Å². The van der Waals surface area contributed by atoms with Gasteiger partial charge in [-0.1, -0.05) is 47.0 Å². The second-order valence-electron chi connectivity index (χ2n) is 6.13. The van der Waals surface area contributed by atoms with Crippen molar-refractivity contribution in [1.29, 1.82) is 0 Å². The van der Waals surface area contributed by atoms with Gasteiger partial charge in [0.1, 0.15) is 6.73 Å². The third kappa shape index (κ3) is 12.1. The molecule has 0 saturated carbocycles. The summed E-state index contributed by atoms with van der Waals surface area (Å²) < 4.78 is 0. The van der Waals surface area contributed by atoms with E-state index in [1.165, 1.54) is 38.5 Å². The molecule has 0 spiro atoms. The Morgan fingerprint density at radius 3 is 2.29 bits per heavy atom. The Labute approximate surface area is 107 Å². The minimum Gasteiger partial charge on any atom is -0.380 e. The molecule has 0 bridgehead atoms. The smallest absolute Gasteiger partial charge is 0.105 e. The van der Waals surface area contributed by atoms with Gasteiger partial charge >= 0.3 is 0 Å². The van der Waals surface area contributed by atoms with E-state index in [1.807, 2.05) is 0 Å². The predicted molar refractivity (Wildman–Crippen MR) is 74.5 cm³/mol. The van der Waals surface area contributed by atoms with Crippen LogP contribution in [0.2, 0.25) is 0 Å². The van der Waals surface area contributed by atoms with Gasteiger partial charge in [-0.15, -0.1) is 0 Å². The van der Waals surface area contributed by atoms with Crippen LogP contribution in [0.1, 0.15) is 66.2 Å². The summed E-state index contributed by atoms with van der Waals surface area (Å²) in [5.41, 5.74) is 6.16. The lowest BCUT2D eigenvalue weighted by atomic mass is 9.84. The van der Waals surface area contributed by atoms with Crippen molar-refractivity contribution < 1.29 is 5.11 Å². The van der Waals surface area contributed by atoms with Gasteiger partial charge in [0.05, 0.1) is 0 Å². The van der Waals surface area contributed by atoms with Crippen LogP contribution >= 0.6 is 0 Å². The number of nitrogens with one attached hydrogen (secondary N) is 2. The van der Waals surface area contributed by atoms with E-state index in [9.17, 15) is 0 Å². The minimum absolute atomic E-state index is 0.00314. The lowest BCUT2D eigenvalue weighted by molar-refractivity contribution is 0.236. The topological polar surface area (TPSA) is 44.3 Å². The van der Waals surface area contributed by atoms with Crippen molar-refractivity contribution in [1.82, 2.24) is 10.9 Å². The molecule has 0 aliphatic heterocycles. The van der Waals surface area contributed by atoms with Gasteiger partial charge in [-0.05, 0) is 30.6 Å². The standard InChI is InChI=1S/C14H32N2O/c1-5-13(9-10-14(2,3)4)8-6-7-11-15-16-12-17/h13,15-17H,5-12H2,1-4H3/t13-/m1/s1. The van der Waals surface area contributed by atoms with Crippen LogP contribution in [0.15, 0.2) is 0 Å². The number of hydrogen-bond acceptors (Lipinski definition) is 3. The van der Waals surface area contributed by atoms with Gasteiger partial charge < -0.3 is 5.11 Å². The maximum absolute atomic E-state index is 8.52. The van der Waals surface area contributed by atoms with Gasteiger partial charge in [0.25, 0.3) is 0 Å². The summed E-state index contributed by atoms with van der Waals surface area (Å²) in [5, 5.41) is 8.52. The Balaban J connectivity index is 3.48. The fraction of sp³-hybridized carbons (Fsp3) is 1.00. The molecule has 3 heteroatoms. The van der Waals surface area contributed by atoms with E-state index in [1.54, 1.807) is 0 Å². The Morgan fingerprint density at radius 2 is 1.76 bits per heavy atom. The van der Waals surface area contributed by atoms with Crippen LogP contribution in [0.25, 0.3) is 0 Å². The van der Waals surface area contributed by atoms with Crippen LogP contribution in [0.4, 0.5) is 0 Å². The van der Waals surface area contributed by atoms with Crippen LogP contribution in [0, 0.1) is 11.3 Å². The molecule has 0 heterocycles. The van der Waals surface area contributed by atoms with Crippen molar-refractivity contribution in [3.05, 3.63) is 0 Å². The zero-order chi connectivity index (χ0) is 13.1. The molecular weight excluding hydrogens is 212 g/mol. The van der Waals surface area contributed by atoms with E-state index in [0.717, 1.165) is 12.5 Å². The molecule has 3 nitrogen and oxygen atoms in total. The van der Waals surface area contributed by atoms with E-state index in [0.29, 0.717) is 5.41 Å². The van der Waals surface area contributed by atoms with Crippen LogP contribution in [-0.2, 0) is 0 Å². The average Bonchev–Trinajstić information content (AvgIpc) is 2.26. The molecule has 0 aliphatic rings. The van der Waals surface area contributed by atoms with Crippen molar-refractivity contribution in [3.8, 4) is 0 Å². The molecule has 0 aromatic rings. The summed E-state index contributed by atoms with van der Waals surface area (Å²) in [4.78, 5) is 0. The first-order chi connectivity index (χ1) is 7.99. The van der Waals surface area contributed by atoms with E-state index < -0.39 is 0 Å². The van der Waals surface area contributed by atoms with Crippen molar-refractivity contribution in [2.75, 3.05) is 13.3 Å². The molecule has 0 unspecified atom stereocenters. The zero-order valence-corrected chi connectivity index (χ0v) is 12.2. The maximum atomic E-state index is 8.52. The number of rotatable bonds is 10. The molecule has 104 valence electrons. The molecule has 3 N–H and O–H groups in total. The molecule has 17 heavy (non-hydrogen) atoms. The lowest BCUT2D eigenvalue weighted by Crippen LogP contribution is -2.33. The molecule has 0 rings (SSSR count). The maximum Gasteiger partial charge on any atom is 0.105 e. The molecule has 0 amide bonds. The number of hydrazine groups is 1. The Morgan fingerprint density at radius 1 is 1.06 bits per heavy atom. The predicted octanol–water partition coefficient (Wildman–Crippen LogP) is 3.05. The lowest BCUT2D eigenvalue weighted by Gasteiger charge is -2.22. The van der Waals surface area contributed by atoms with Gasteiger partial charge in [-0.2, -0.15) is 0 Å². The van der Waals surface area contributed by atoms with Crippen molar-refractivity contribution in [2.45, 2.75) is 66.2 Å². The van der Waals surface area contributed by atoms with Gasteiger partial charge in [0.2, 0.25) is 0 Å². The van der Waals surface area contributed by atoms with Crippen LogP contribution in [-0.4, -0.2) is 18.4 Å². The molecule has 0 fully saturated rings. The van der Waals surface area contributed by atoms with Crippen LogP contribution < -0.4 is 10.9 Å². The Hall–Kier alpha value is -0.120. The monoisotopic (exact) mass is 244 g/mol. The first-order valence-corrected chi connectivity index (χ1v) is 7.06. The summed E-state index contributed by atoms with van der Waals surface area (Å²) in [6.45, 7) is 10.2. The highest BCUT2D eigenvalue weighted by atomic mass is 16.3. The average molecular weight is 244 g/mol. The quantitative estimate of drug-likeness (QED) is 0.314. The van der Waals surface area contributed by atoms with Crippen LogP contribution in [0.3, 0.4) is 0 Å². The molecule has 0 radical (unpaired) electrons. The number of aliphatic hydroxyl groups is 1. The summed E-state index contributed by atoms with van der Waals surface area (Å²) >= 11 is 0. The normalized spacial score (nSPS) is 13.9. The van der Waals surface area contributed by atoms with Gasteiger partial charge in [0.15, 0.2) is 0 Å². The SMILES string of the molecule is CC[C@H](CCCCNNCO)CCC(C)(C)C. The van der Waals surface area contributed by atoms with Crippen LogP contribution in [0.5, 0.6) is 0 Å². The Bertz CT molecular complexity index is 166. The highest BCUT2D eigenvalue weighted by Gasteiger charge is 2.13. The second kappa shape index (κ2) is 9.86. The largest absolute Gasteiger partial charge is 0.380 e. The summed E-state index contributed by atoms with van der Waals surface area (Å²) in [5.74, 6) is 0.889. The first-order valence-electron chi connectivity index (χ1n) is 7.06. The first kappa shape index (κ1) is 16.9. The third-order valence-corrected chi connectivity index (χ3v) is 3.25. The number of aliphatic hydroxyl groups excluding tert-OH is 1. The highest BCUT2D eigenvalue weighted by Crippen LogP contribution is 2.27. The minimum atomic E-state index is 0.00314. The zero-order valence-electron chi connectivity index (χ0n) is 12.2. The molecule has 0 saturated heterocycles. The van der Waals surface area contributed by atoms with E-state index in [4.69, 9.17) is 5.11 Å². The summed E-state index contributed by atoms with van der Waals surface area (Å²) in [6, 6.07) is 0. The molecule has 0 aromatic carbocycles. The second-order valence-corrected chi connectivity index (χ2v) is 6.13. The van der Waals surface area contributed by atoms with E-state index in [-0.39, 0.29) is 6.73 Å². The van der Waals surface area contributed by atoms with Gasteiger partial charge in [0, 0.05) is 6.54 Å². The van der Waals surface area contributed by atoms with Crippen molar-refractivity contribution in [3.63, 3.8) is 0 Å². The Kier molecular flexibility index (Phi) is 9.79. The summed E-state index contributed by atoms with van der Waals surface area (Å²) in [6.07, 6.45) is 7.80. The third-order valence-electron chi connectivity index (χ3n) is 3.25. The highest BCUT2D eigenvalue weighted by molar-refractivity contribution is 4.66. The molecule has 1 atom stereocenters. The molecule has 0 aliphatic carbocycles. The summed E-state index contributed by atoms with van der Waals surface area (Å²) in [7, 11) is 0. The molecular formula is C14H32N2O.